The topological polar surface area (TPSA) is 70.0 Å². The number of carbonyl (C=O) groups is 1. The summed E-state index contributed by atoms with van der Waals surface area (Å²) in [6, 6.07) is 4.96. The number of aliphatic hydroxyl groups is 2. The van der Waals surface area contributed by atoms with Crippen LogP contribution in [0.2, 0.25) is 0 Å². The van der Waals surface area contributed by atoms with Crippen molar-refractivity contribution < 1.29 is 19.7 Å². The zero-order valence-electron chi connectivity index (χ0n) is 12.6. The summed E-state index contributed by atoms with van der Waals surface area (Å²) in [4.78, 5) is 14.1. The zero-order chi connectivity index (χ0) is 15.8. The fourth-order valence-corrected chi connectivity index (χ4v) is 1.94. The Morgan fingerprint density at radius 2 is 2.10 bits per heavy atom. The summed E-state index contributed by atoms with van der Waals surface area (Å²) in [6.07, 6.45) is 0. The van der Waals surface area contributed by atoms with Gasteiger partial charge in [0.25, 0.3) is 5.91 Å². The van der Waals surface area contributed by atoms with Crippen molar-refractivity contribution in [3.8, 4) is 17.6 Å². The molecule has 1 rings (SSSR count). The van der Waals surface area contributed by atoms with Crippen molar-refractivity contribution in [3.05, 3.63) is 29.3 Å². The van der Waals surface area contributed by atoms with Gasteiger partial charge in [0.05, 0.1) is 19.3 Å². The average molecular weight is 291 g/mol. The molecule has 5 heteroatoms. The van der Waals surface area contributed by atoms with Gasteiger partial charge in [-0.05, 0) is 32.0 Å². The van der Waals surface area contributed by atoms with E-state index in [4.69, 9.17) is 14.9 Å². The smallest absolute Gasteiger partial charge is 0.254 e. The second kappa shape index (κ2) is 8.30. The maximum absolute atomic E-state index is 12.5. The molecule has 1 amide bonds. The highest BCUT2D eigenvalue weighted by Crippen LogP contribution is 2.20. The molecule has 1 aromatic rings. The number of nitrogens with zero attached hydrogens (tertiary/aromatic N) is 1. The van der Waals surface area contributed by atoms with Crippen LogP contribution in [0.25, 0.3) is 0 Å². The third kappa shape index (κ3) is 4.48. The highest BCUT2D eigenvalue weighted by atomic mass is 16.5. The van der Waals surface area contributed by atoms with Crippen molar-refractivity contribution >= 4 is 5.91 Å². The van der Waals surface area contributed by atoms with Gasteiger partial charge < -0.3 is 19.8 Å². The molecule has 21 heavy (non-hydrogen) atoms. The van der Waals surface area contributed by atoms with E-state index in [0.29, 0.717) is 16.9 Å². The molecule has 0 unspecified atom stereocenters. The first-order valence-electron chi connectivity index (χ1n) is 6.74. The standard InChI is InChI=1S/C16H21NO4/c1-12(2)17(8-10-19)16(20)14-6-7-15(21-3)13(11-14)5-4-9-18/h6-7,11-12,18-19H,8-10H2,1-3H3. The Hall–Kier alpha value is -2.03. The summed E-state index contributed by atoms with van der Waals surface area (Å²) >= 11 is 0. The van der Waals surface area contributed by atoms with Gasteiger partial charge in [-0.3, -0.25) is 4.79 Å². The first-order chi connectivity index (χ1) is 10.0. The van der Waals surface area contributed by atoms with E-state index in [1.54, 1.807) is 23.1 Å². The van der Waals surface area contributed by atoms with Crippen molar-refractivity contribution in [2.24, 2.45) is 0 Å². The van der Waals surface area contributed by atoms with Gasteiger partial charge in [0.15, 0.2) is 0 Å². The van der Waals surface area contributed by atoms with Crippen molar-refractivity contribution in [1.29, 1.82) is 0 Å². The van der Waals surface area contributed by atoms with Crippen molar-refractivity contribution in [2.75, 3.05) is 26.9 Å². The van der Waals surface area contributed by atoms with Crippen LogP contribution in [-0.2, 0) is 0 Å². The largest absolute Gasteiger partial charge is 0.495 e. The number of hydrogen-bond donors (Lipinski definition) is 2. The number of amides is 1. The molecule has 0 aliphatic carbocycles. The lowest BCUT2D eigenvalue weighted by molar-refractivity contribution is 0.0665. The molecule has 114 valence electrons. The maximum atomic E-state index is 12.5. The second-order valence-electron chi connectivity index (χ2n) is 4.69. The molecule has 0 aromatic heterocycles. The quantitative estimate of drug-likeness (QED) is 0.790. The summed E-state index contributed by atoms with van der Waals surface area (Å²) in [5.74, 6) is 5.68. The highest BCUT2D eigenvalue weighted by molar-refractivity contribution is 5.95. The lowest BCUT2D eigenvalue weighted by Gasteiger charge is -2.26. The summed E-state index contributed by atoms with van der Waals surface area (Å²) in [7, 11) is 1.52. The summed E-state index contributed by atoms with van der Waals surface area (Å²) in [6.45, 7) is 3.72. The van der Waals surface area contributed by atoms with Crippen LogP contribution in [0.15, 0.2) is 18.2 Å². The predicted octanol–water partition coefficient (Wildman–Crippen LogP) is 0.882. The molecule has 0 bridgehead atoms. The number of benzene rings is 1. The van der Waals surface area contributed by atoms with E-state index < -0.39 is 0 Å². The Bertz CT molecular complexity index is 543. The van der Waals surface area contributed by atoms with Crippen molar-refractivity contribution in [3.63, 3.8) is 0 Å². The van der Waals surface area contributed by atoms with Gasteiger partial charge in [-0.1, -0.05) is 11.8 Å². The summed E-state index contributed by atoms with van der Waals surface area (Å²) in [5, 5.41) is 17.9. The fourth-order valence-electron chi connectivity index (χ4n) is 1.94. The van der Waals surface area contributed by atoms with E-state index in [1.165, 1.54) is 7.11 Å². The summed E-state index contributed by atoms with van der Waals surface area (Å²) in [5.41, 5.74) is 1.02. The third-order valence-electron chi connectivity index (χ3n) is 2.97. The predicted molar refractivity (Wildman–Crippen MR) is 80.2 cm³/mol. The highest BCUT2D eigenvalue weighted by Gasteiger charge is 2.19. The molecule has 5 nitrogen and oxygen atoms in total. The molecule has 0 spiro atoms. The van der Waals surface area contributed by atoms with Gasteiger partial charge in [-0.25, -0.2) is 0 Å². The normalized spacial score (nSPS) is 10.0. The molecule has 0 radical (unpaired) electrons. The Balaban J connectivity index is 3.15. The van der Waals surface area contributed by atoms with E-state index in [0.717, 1.165) is 0 Å². The number of methoxy groups -OCH3 is 1. The first-order valence-corrected chi connectivity index (χ1v) is 6.74. The maximum Gasteiger partial charge on any atom is 0.254 e. The van der Waals surface area contributed by atoms with Gasteiger partial charge >= 0.3 is 0 Å². The monoisotopic (exact) mass is 291 g/mol. The second-order valence-corrected chi connectivity index (χ2v) is 4.69. The van der Waals surface area contributed by atoms with Crippen LogP contribution in [0.4, 0.5) is 0 Å². The van der Waals surface area contributed by atoms with E-state index in [-0.39, 0.29) is 31.7 Å². The lowest BCUT2D eigenvalue weighted by Crippen LogP contribution is -2.39. The van der Waals surface area contributed by atoms with Crippen LogP contribution < -0.4 is 4.74 Å². The van der Waals surface area contributed by atoms with Crippen LogP contribution in [0.1, 0.15) is 29.8 Å². The zero-order valence-corrected chi connectivity index (χ0v) is 12.6. The average Bonchev–Trinajstić information content (AvgIpc) is 2.49. The Morgan fingerprint density at radius 1 is 1.38 bits per heavy atom. The Labute approximate surface area is 125 Å². The molecule has 0 aliphatic heterocycles. The van der Waals surface area contributed by atoms with Crippen molar-refractivity contribution in [1.82, 2.24) is 4.90 Å². The van der Waals surface area contributed by atoms with Gasteiger partial charge in [-0.2, -0.15) is 0 Å². The molecular weight excluding hydrogens is 270 g/mol. The Kier molecular flexibility index (Phi) is 6.73. The molecular formula is C16H21NO4. The minimum atomic E-state index is -0.260. The van der Waals surface area contributed by atoms with Crippen LogP contribution in [0.3, 0.4) is 0 Å². The van der Waals surface area contributed by atoms with Gasteiger partial charge in [-0.15, -0.1) is 0 Å². The minimum Gasteiger partial charge on any atom is -0.495 e. The number of carbonyl (C=O) groups excluding carboxylic acids is 1. The number of aliphatic hydroxyl groups excluding tert-OH is 2. The van der Waals surface area contributed by atoms with E-state index in [9.17, 15) is 4.79 Å². The van der Waals surface area contributed by atoms with Crippen LogP contribution in [0.5, 0.6) is 5.75 Å². The van der Waals surface area contributed by atoms with Crippen LogP contribution in [0, 0.1) is 11.8 Å². The van der Waals surface area contributed by atoms with Crippen LogP contribution in [-0.4, -0.2) is 53.9 Å². The number of ether oxygens (including phenoxy) is 1. The van der Waals surface area contributed by atoms with Gasteiger partial charge in [0, 0.05) is 18.2 Å². The number of hydrogen-bond acceptors (Lipinski definition) is 4. The van der Waals surface area contributed by atoms with Crippen molar-refractivity contribution in [2.45, 2.75) is 19.9 Å². The van der Waals surface area contributed by atoms with Gasteiger partial charge in [0.2, 0.25) is 0 Å². The first kappa shape index (κ1) is 17.0. The molecule has 0 heterocycles. The van der Waals surface area contributed by atoms with E-state index in [1.807, 2.05) is 13.8 Å². The number of rotatable bonds is 5. The molecule has 0 fully saturated rings. The van der Waals surface area contributed by atoms with E-state index in [2.05, 4.69) is 11.8 Å². The lowest BCUT2D eigenvalue weighted by atomic mass is 10.1. The SMILES string of the molecule is COc1ccc(C(=O)N(CCO)C(C)C)cc1C#CCO. The molecule has 0 saturated heterocycles. The van der Waals surface area contributed by atoms with Gasteiger partial charge in [0.1, 0.15) is 12.4 Å². The van der Waals surface area contributed by atoms with E-state index >= 15 is 0 Å². The Morgan fingerprint density at radius 3 is 2.62 bits per heavy atom. The minimum absolute atomic E-state index is 0.0151. The van der Waals surface area contributed by atoms with Crippen LogP contribution >= 0.6 is 0 Å². The molecule has 2 N–H and O–H groups in total. The fraction of sp³-hybridized carbons (Fsp3) is 0.438. The summed E-state index contributed by atoms with van der Waals surface area (Å²) < 4.78 is 5.18. The molecule has 0 atom stereocenters. The molecule has 0 aliphatic rings. The molecule has 0 saturated carbocycles. The third-order valence-corrected chi connectivity index (χ3v) is 2.97. The molecule has 1 aromatic carbocycles.